The number of aliphatic imine (C=N–C) groups is 1. The van der Waals surface area contributed by atoms with Crippen LogP contribution in [0.4, 0.5) is 5.69 Å². The quantitative estimate of drug-likeness (QED) is 0.185. The van der Waals surface area contributed by atoms with Gasteiger partial charge in [-0.1, -0.05) is 86.6 Å². The van der Waals surface area contributed by atoms with Gasteiger partial charge < -0.3 is 4.74 Å². The van der Waals surface area contributed by atoms with Gasteiger partial charge in [0.25, 0.3) is 6.26 Å². The average molecular weight is 431 g/mol. The molecule has 0 aliphatic carbocycles. The zero-order valence-corrected chi connectivity index (χ0v) is 18.4. The fraction of sp³-hybridized carbons (Fsp3) is 0.103. The van der Waals surface area contributed by atoms with Crippen molar-refractivity contribution in [3.05, 3.63) is 108 Å². The predicted octanol–water partition coefficient (Wildman–Crippen LogP) is 7.17. The van der Waals surface area contributed by atoms with Crippen molar-refractivity contribution in [3.8, 4) is 34.3 Å². The Bertz CT molecular complexity index is 1320. The molecule has 4 aromatic rings. The predicted molar refractivity (Wildman–Crippen MR) is 130 cm³/mol. The SMILES string of the molecule is CC(C)(c1ccc(-c2ccc(N=C=O)cc2)cc1)c1ccc(-c2ccc(OC#N)cc2)cc1. The largest absolute Gasteiger partial charge is 0.388 e. The molecule has 160 valence electrons. The summed E-state index contributed by atoms with van der Waals surface area (Å²) in [5, 5.41) is 8.62. The average Bonchev–Trinajstić information content (AvgIpc) is 2.86. The number of ether oxygens (including phenoxy) is 1. The Kier molecular flexibility index (Phi) is 6.17. The van der Waals surface area contributed by atoms with Crippen LogP contribution in [0.25, 0.3) is 22.3 Å². The van der Waals surface area contributed by atoms with E-state index in [9.17, 15) is 4.79 Å². The third-order valence-electron chi connectivity index (χ3n) is 5.94. The lowest BCUT2D eigenvalue weighted by Gasteiger charge is -2.26. The zero-order chi connectivity index (χ0) is 23.3. The van der Waals surface area contributed by atoms with Crippen molar-refractivity contribution in [2.45, 2.75) is 19.3 Å². The van der Waals surface area contributed by atoms with Gasteiger partial charge in [-0.3, -0.25) is 0 Å². The number of benzene rings is 4. The van der Waals surface area contributed by atoms with Crippen LogP contribution in [0, 0.1) is 11.5 Å². The fourth-order valence-corrected chi connectivity index (χ4v) is 3.87. The second-order valence-corrected chi connectivity index (χ2v) is 8.25. The summed E-state index contributed by atoms with van der Waals surface area (Å²) in [5.41, 5.74) is 7.23. The first-order valence-corrected chi connectivity index (χ1v) is 10.6. The Hall–Kier alpha value is -4.45. The lowest BCUT2D eigenvalue weighted by atomic mass is 9.77. The molecule has 4 heteroatoms. The number of rotatable bonds is 6. The molecule has 0 atom stereocenters. The van der Waals surface area contributed by atoms with Crippen LogP contribution in [-0.2, 0) is 10.2 Å². The molecular formula is C29H22N2O2. The van der Waals surface area contributed by atoms with Gasteiger partial charge in [-0.2, -0.15) is 4.99 Å². The molecule has 0 spiro atoms. The van der Waals surface area contributed by atoms with Crippen molar-refractivity contribution in [2.75, 3.05) is 0 Å². The molecule has 4 nitrogen and oxygen atoms in total. The molecule has 4 aromatic carbocycles. The van der Waals surface area contributed by atoms with Crippen LogP contribution < -0.4 is 4.74 Å². The van der Waals surface area contributed by atoms with E-state index in [0.29, 0.717) is 11.4 Å². The Balaban J connectivity index is 1.53. The van der Waals surface area contributed by atoms with Gasteiger partial charge >= 0.3 is 0 Å². The van der Waals surface area contributed by atoms with Crippen molar-refractivity contribution in [1.82, 2.24) is 0 Å². The monoisotopic (exact) mass is 430 g/mol. The Morgan fingerprint density at radius 1 is 0.667 bits per heavy atom. The maximum absolute atomic E-state index is 10.4. The molecule has 0 N–H and O–H groups in total. The first kappa shape index (κ1) is 21.8. The molecule has 4 rings (SSSR count). The van der Waals surface area contributed by atoms with Crippen LogP contribution in [0.5, 0.6) is 5.75 Å². The summed E-state index contributed by atoms with van der Waals surface area (Å²) in [5.74, 6) is 0.535. The second kappa shape index (κ2) is 9.36. The minimum atomic E-state index is -0.163. The van der Waals surface area contributed by atoms with Gasteiger partial charge in [-0.25, -0.2) is 4.79 Å². The molecule has 0 aromatic heterocycles. The van der Waals surface area contributed by atoms with Gasteiger partial charge in [0.15, 0.2) is 0 Å². The van der Waals surface area contributed by atoms with E-state index in [1.165, 1.54) is 11.1 Å². The van der Waals surface area contributed by atoms with Gasteiger partial charge in [-0.05, 0) is 57.6 Å². The summed E-state index contributed by atoms with van der Waals surface area (Å²) in [6, 6.07) is 32.1. The number of hydrogen-bond donors (Lipinski definition) is 0. The number of carbonyl (C=O) groups excluding carboxylic acids is 1. The van der Waals surface area contributed by atoms with E-state index in [1.54, 1.807) is 24.5 Å². The topological polar surface area (TPSA) is 62.4 Å². The highest BCUT2D eigenvalue weighted by molar-refractivity contribution is 5.67. The lowest BCUT2D eigenvalue weighted by Crippen LogP contribution is -2.18. The van der Waals surface area contributed by atoms with E-state index in [-0.39, 0.29) is 5.41 Å². The second-order valence-electron chi connectivity index (χ2n) is 8.25. The maximum Gasteiger partial charge on any atom is 0.292 e. The molecule has 0 saturated carbocycles. The normalized spacial score (nSPS) is 10.7. The first-order valence-electron chi connectivity index (χ1n) is 10.6. The Labute approximate surface area is 193 Å². The highest BCUT2D eigenvalue weighted by atomic mass is 16.5. The van der Waals surface area contributed by atoms with Crippen LogP contribution in [0.15, 0.2) is 102 Å². The summed E-state index contributed by atoms with van der Waals surface area (Å²) >= 11 is 0. The van der Waals surface area contributed by atoms with E-state index in [4.69, 9.17) is 10.00 Å². The van der Waals surface area contributed by atoms with E-state index in [0.717, 1.165) is 22.3 Å². The van der Waals surface area contributed by atoms with Crippen molar-refractivity contribution in [3.63, 3.8) is 0 Å². The van der Waals surface area contributed by atoms with E-state index in [2.05, 4.69) is 67.4 Å². The van der Waals surface area contributed by atoms with Crippen LogP contribution in [-0.4, -0.2) is 6.08 Å². The maximum atomic E-state index is 10.4. The minimum Gasteiger partial charge on any atom is -0.388 e. The summed E-state index contributed by atoms with van der Waals surface area (Å²) in [6.45, 7) is 4.44. The van der Waals surface area contributed by atoms with Gasteiger partial charge in [0.2, 0.25) is 6.08 Å². The van der Waals surface area contributed by atoms with Gasteiger partial charge in [-0.15, -0.1) is 5.26 Å². The van der Waals surface area contributed by atoms with E-state index in [1.807, 2.05) is 36.4 Å². The molecule has 0 aliphatic heterocycles. The molecular weight excluding hydrogens is 408 g/mol. The number of nitriles is 1. The van der Waals surface area contributed by atoms with E-state index >= 15 is 0 Å². The lowest BCUT2D eigenvalue weighted by molar-refractivity contribution is 0.507. The van der Waals surface area contributed by atoms with Crippen molar-refractivity contribution < 1.29 is 9.53 Å². The third kappa shape index (κ3) is 4.75. The van der Waals surface area contributed by atoms with Gasteiger partial charge in [0.05, 0.1) is 5.69 Å². The molecule has 0 fully saturated rings. The highest BCUT2D eigenvalue weighted by Gasteiger charge is 2.23. The fourth-order valence-electron chi connectivity index (χ4n) is 3.87. The number of hydrogen-bond acceptors (Lipinski definition) is 4. The van der Waals surface area contributed by atoms with Crippen LogP contribution in [0.1, 0.15) is 25.0 Å². The molecule has 0 aliphatic rings. The van der Waals surface area contributed by atoms with Crippen molar-refractivity contribution in [1.29, 1.82) is 5.26 Å². The molecule has 0 heterocycles. The minimum absolute atomic E-state index is 0.163. The van der Waals surface area contributed by atoms with Crippen LogP contribution in [0.2, 0.25) is 0 Å². The molecule has 33 heavy (non-hydrogen) atoms. The highest BCUT2D eigenvalue weighted by Crippen LogP contribution is 2.34. The van der Waals surface area contributed by atoms with Gasteiger partial charge in [0, 0.05) is 5.41 Å². The summed E-state index contributed by atoms with van der Waals surface area (Å²) in [7, 11) is 0. The molecule has 0 radical (unpaired) electrons. The standard InChI is InChI=1S/C29H22N2O2/c1-29(2,25-11-3-21(4-12-25)23-7-15-27(16-8-23)31-20-32)26-13-5-22(6-14-26)24-9-17-28(18-10-24)33-19-30/h3-18H,1-2H3. The zero-order valence-electron chi connectivity index (χ0n) is 18.4. The molecule has 0 amide bonds. The van der Waals surface area contributed by atoms with Crippen molar-refractivity contribution in [2.24, 2.45) is 4.99 Å². The van der Waals surface area contributed by atoms with Crippen LogP contribution in [0.3, 0.4) is 0 Å². The molecule has 0 bridgehead atoms. The smallest absolute Gasteiger partial charge is 0.292 e. The summed E-state index contributed by atoms with van der Waals surface area (Å²) in [4.78, 5) is 14.0. The Morgan fingerprint density at radius 2 is 1.06 bits per heavy atom. The summed E-state index contributed by atoms with van der Waals surface area (Å²) < 4.78 is 4.85. The van der Waals surface area contributed by atoms with Gasteiger partial charge in [0.1, 0.15) is 5.75 Å². The Morgan fingerprint density at radius 3 is 1.45 bits per heavy atom. The number of nitrogens with zero attached hydrogens (tertiary/aromatic N) is 2. The van der Waals surface area contributed by atoms with Crippen LogP contribution >= 0.6 is 0 Å². The molecule has 0 unspecified atom stereocenters. The molecule has 0 saturated heterocycles. The first-order chi connectivity index (χ1) is 16.0. The van der Waals surface area contributed by atoms with Crippen molar-refractivity contribution >= 4 is 11.8 Å². The third-order valence-corrected chi connectivity index (χ3v) is 5.94. The van der Waals surface area contributed by atoms with E-state index < -0.39 is 0 Å². The number of isocyanates is 1. The summed E-state index contributed by atoms with van der Waals surface area (Å²) in [6.07, 6.45) is 3.25.